The van der Waals surface area contributed by atoms with Crippen molar-refractivity contribution in [2.45, 2.75) is 39.5 Å². The third kappa shape index (κ3) is 5.53. The van der Waals surface area contributed by atoms with Gasteiger partial charge in [-0.1, -0.05) is 30.3 Å². The summed E-state index contributed by atoms with van der Waals surface area (Å²) in [6.07, 6.45) is 5.42. The molecule has 4 aromatic rings. The molecule has 0 saturated carbocycles. The predicted octanol–water partition coefficient (Wildman–Crippen LogP) is 5.96. The third-order valence-electron chi connectivity index (χ3n) is 7.80. The van der Waals surface area contributed by atoms with Crippen LogP contribution < -0.4 is 16.0 Å². The van der Waals surface area contributed by atoms with Crippen molar-refractivity contribution < 1.29 is 23.6 Å². The number of urea groups is 1. The van der Waals surface area contributed by atoms with Gasteiger partial charge in [-0.25, -0.2) is 14.1 Å². The van der Waals surface area contributed by atoms with Gasteiger partial charge >= 0.3 is 6.03 Å². The van der Waals surface area contributed by atoms with Gasteiger partial charge in [-0.05, 0) is 87.1 Å². The first kappa shape index (κ1) is 29.1. The zero-order valence-electron chi connectivity index (χ0n) is 24.2. The number of amides is 5. The molecule has 0 bridgehead atoms. The van der Waals surface area contributed by atoms with Crippen molar-refractivity contribution in [2.75, 3.05) is 17.2 Å². The molecule has 5 amide bonds. The number of carbonyl (C=O) groups excluding carboxylic acids is 4. The third-order valence-corrected chi connectivity index (χ3v) is 9.07. The minimum atomic E-state index is -0.746. The highest BCUT2D eigenvalue weighted by Gasteiger charge is 2.35. The summed E-state index contributed by atoms with van der Waals surface area (Å²) in [5.41, 5.74) is 4.77. The number of thiophene rings is 1. The Morgan fingerprint density at radius 1 is 1.00 bits per heavy atom. The van der Waals surface area contributed by atoms with Crippen molar-refractivity contribution in [1.82, 2.24) is 14.8 Å². The molecule has 3 N–H and O–H groups in total. The highest BCUT2D eigenvalue weighted by Crippen LogP contribution is 2.39. The molecule has 1 aliphatic carbocycles. The van der Waals surface area contributed by atoms with Crippen LogP contribution in [0.25, 0.3) is 11.1 Å². The van der Waals surface area contributed by atoms with Crippen molar-refractivity contribution in [1.29, 1.82) is 0 Å². The summed E-state index contributed by atoms with van der Waals surface area (Å²) in [4.78, 5) is 54.0. The molecule has 224 valence electrons. The van der Waals surface area contributed by atoms with E-state index in [1.807, 2.05) is 54.8 Å². The van der Waals surface area contributed by atoms with Crippen molar-refractivity contribution in [3.8, 4) is 5.00 Å². The summed E-state index contributed by atoms with van der Waals surface area (Å²) < 4.78 is 16.0. The average molecular weight is 612 g/mol. The number of imide groups is 1. The summed E-state index contributed by atoms with van der Waals surface area (Å²) in [7, 11) is 0. The van der Waals surface area contributed by atoms with Gasteiger partial charge in [0.25, 0.3) is 11.8 Å². The summed E-state index contributed by atoms with van der Waals surface area (Å²) in [6.45, 7) is 3.26. The van der Waals surface area contributed by atoms with E-state index >= 15 is 0 Å². The number of para-hydroxylation sites is 2. The molecule has 9 nitrogen and oxygen atoms in total. The molecule has 0 spiro atoms. The Morgan fingerprint density at radius 3 is 2.50 bits per heavy atom. The van der Waals surface area contributed by atoms with Crippen LogP contribution in [0.3, 0.4) is 0 Å². The van der Waals surface area contributed by atoms with Crippen LogP contribution in [-0.2, 0) is 22.4 Å². The van der Waals surface area contributed by atoms with Crippen molar-refractivity contribution in [3.63, 3.8) is 0 Å². The largest absolute Gasteiger partial charge is 0.329 e. The molecular formula is C33H30FN5O4S. The van der Waals surface area contributed by atoms with Crippen LogP contribution in [0.2, 0.25) is 0 Å². The summed E-state index contributed by atoms with van der Waals surface area (Å²) in [5.74, 6) is -2.17. The summed E-state index contributed by atoms with van der Waals surface area (Å²) in [5, 5.41) is 8.81. The predicted molar refractivity (Wildman–Crippen MR) is 167 cm³/mol. The van der Waals surface area contributed by atoms with Crippen LogP contribution in [-0.4, -0.2) is 39.8 Å². The highest BCUT2D eigenvalue weighted by atomic mass is 32.1. The number of carbonyl (C=O) groups is 4. The molecule has 2 aliphatic rings. The molecule has 1 aliphatic heterocycles. The van der Waals surface area contributed by atoms with E-state index in [0.717, 1.165) is 52.5 Å². The lowest BCUT2D eigenvalue weighted by Gasteiger charge is -2.14. The Bertz CT molecular complexity index is 1840. The van der Waals surface area contributed by atoms with Crippen LogP contribution in [0.15, 0.2) is 66.4 Å². The average Bonchev–Trinajstić information content (AvgIpc) is 3.60. The van der Waals surface area contributed by atoms with Crippen LogP contribution in [0.5, 0.6) is 0 Å². The fraction of sp³-hybridized carbons (Fsp3) is 0.212. The Hall–Kier alpha value is -5.03. The Balaban J connectivity index is 1.28. The second-order valence-corrected chi connectivity index (χ2v) is 11.9. The number of aromatic nitrogens is 1. The lowest BCUT2D eigenvalue weighted by atomic mass is 9.95. The fourth-order valence-corrected chi connectivity index (χ4v) is 7.17. The number of nitrogens with zero attached hydrogens (tertiary/aromatic N) is 2. The number of rotatable bonds is 7. The molecule has 2 aromatic carbocycles. The van der Waals surface area contributed by atoms with Gasteiger partial charge < -0.3 is 20.5 Å². The Morgan fingerprint density at radius 2 is 1.73 bits per heavy atom. The van der Waals surface area contributed by atoms with E-state index in [-0.39, 0.29) is 17.3 Å². The molecule has 44 heavy (non-hydrogen) atoms. The van der Waals surface area contributed by atoms with Crippen LogP contribution in [0, 0.1) is 19.7 Å². The topological polar surface area (TPSA) is 113 Å². The maximum atomic E-state index is 13.9. The maximum Gasteiger partial charge on any atom is 0.329 e. The van der Waals surface area contributed by atoms with Gasteiger partial charge in [0.1, 0.15) is 23.1 Å². The zero-order chi connectivity index (χ0) is 31.0. The van der Waals surface area contributed by atoms with E-state index in [9.17, 15) is 23.6 Å². The van der Waals surface area contributed by atoms with Crippen LogP contribution in [0.1, 0.15) is 50.6 Å². The fourth-order valence-electron chi connectivity index (χ4n) is 5.67. The highest BCUT2D eigenvalue weighted by molar-refractivity contribution is 7.15. The number of nitrogens with one attached hydrogen (secondary N) is 3. The Kier molecular flexibility index (Phi) is 7.88. The molecule has 3 heterocycles. The minimum Gasteiger partial charge on any atom is -0.322 e. The molecule has 1 saturated heterocycles. The lowest BCUT2D eigenvalue weighted by molar-refractivity contribution is -0.127. The van der Waals surface area contributed by atoms with E-state index in [1.54, 1.807) is 23.5 Å². The minimum absolute atomic E-state index is 0.0152. The standard InChI is InChI=1S/C33H30FN5O4S/c1-19-16-21(17-26-31(42)38(33(43)37-26)18-28(40)36-25-14-8-7-13-24(25)34)20(2)39(19)32-29(23-12-6-9-15-27(23)44-32)30(41)35-22-10-4-3-5-11-22/h3-5,7-8,10-11,13-14,16-17H,6,9,12,15,18H2,1-2H3,(H,35,41)(H,36,40)(H,37,43)/b26-17+. The van der Waals surface area contributed by atoms with Crippen molar-refractivity contribution in [3.05, 3.63) is 105 Å². The second kappa shape index (κ2) is 11.9. The van der Waals surface area contributed by atoms with Crippen LogP contribution >= 0.6 is 11.3 Å². The normalized spacial score (nSPS) is 15.3. The lowest BCUT2D eigenvalue weighted by Crippen LogP contribution is -2.38. The molecule has 0 atom stereocenters. The number of halogens is 1. The van der Waals surface area contributed by atoms with Gasteiger partial charge in [-0.2, -0.15) is 0 Å². The van der Waals surface area contributed by atoms with E-state index in [0.29, 0.717) is 16.8 Å². The summed E-state index contributed by atoms with van der Waals surface area (Å²) >= 11 is 1.61. The maximum absolute atomic E-state index is 13.9. The number of hydrogen-bond donors (Lipinski definition) is 3. The first-order chi connectivity index (χ1) is 21.2. The van der Waals surface area contributed by atoms with Gasteiger partial charge in [0.2, 0.25) is 5.91 Å². The molecular weight excluding hydrogens is 581 g/mol. The number of anilines is 2. The van der Waals surface area contributed by atoms with Gasteiger partial charge in [0.05, 0.1) is 11.3 Å². The molecule has 0 unspecified atom stereocenters. The molecule has 2 aromatic heterocycles. The molecule has 6 rings (SSSR count). The summed E-state index contributed by atoms with van der Waals surface area (Å²) in [6, 6.07) is 16.1. The number of aryl methyl sites for hydroxylation is 2. The van der Waals surface area contributed by atoms with E-state index in [4.69, 9.17) is 0 Å². The monoisotopic (exact) mass is 611 g/mol. The molecule has 1 fully saturated rings. The first-order valence-corrected chi connectivity index (χ1v) is 15.1. The second-order valence-electron chi connectivity index (χ2n) is 10.8. The van der Waals surface area contributed by atoms with Crippen LogP contribution in [0.4, 0.5) is 20.6 Å². The SMILES string of the molecule is Cc1cc(/C=C2/NC(=O)N(CC(=O)Nc3ccccc3F)C2=O)c(C)n1-c1sc2c(c1C(=O)Nc1ccccc1)CCCC2. The zero-order valence-corrected chi connectivity index (χ0v) is 25.0. The number of hydrogen-bond acceptors (Lipinski definition) is 5. The number of fused-ring (bicyclic) bond motifs is 1. The van der Waals surface area contributed by atoms with Crippen molar-refractivity contribution >= 4 is 52.5 Å². The van der Waals surface area contributed by atoms with Gasteiger partial charge in [0, 0.05) is 22.0 Å². The smallest absolute Gasteiger partial charge is 0.322 e. The Labute approximate surface area is 257 Å². The van der Waals surface area contributed by atoms with Gasteiger partial charge in [-0.3, -0.25) is 14.4 Å². The number of benzene rings is 2. The molecule has 11 heteroatoms. The first-order valence-electron chi connectivity index (χ1n) is 14.3. The van der Waals surface area contributed by atoms with E-state index in [2.05, 4.69) is 16.0 Å². The van der Waals surface area contributed by atoms with E-state index in [1.165, 1.54) is 23.1 Å². The van der Waals surface area contributed by atoms with Gasteiger partial charge in [0.15, 0.2) is 0 Å². The van der Waals surface area contributed by atoms with Crippen molar-refractivity contribution in [2.24, 2.45) is 0 Å². The van der Waals surface area contributed by atoms with Gasteiger partial charge in [-0.15, -0.1) is 11.3 Å². The quantitative estimate of drug-likeness (QED) is 0.177. The molecule has 0 radical (unpaired) electrons. The van der Waals surface area contributed by atoms with E-state index < -0.39 is 30.2 Å².